The Hall–Kier alpha value is -1.35. The van der Waals surface area contributed by atoms with Gasteiger partial charge in [-0.1, -0.05) is 18.2 Å². The van der Waals surface area contributed by atoms with Crippen molar-refractivity contribution in [3.05, 3.63) is 39.1 Å². The van der Waals surface area contributed by atoms with E-state index in [1.54, 1.807) is 19.2 Å². The molecule has 0 saturated heterocycles. The molecule has 0 amide bonds. The molecule has 7 heteroatoms. The number of nitrogens with zero attached hydrogens (tertiary/aromatic N) is 2. The van der Waals surface area contributed by atoms with Crippen LogP contribution in [0.4, 0.5) is 14.6 Å². The van der Waals surface area contributed by atoms with E-state index in [1.165, 1.54) is 12.1 Å². The third kappa shape index (κ3) is 3.21. The Labute approximate surface area is 128 Å². The summed E-state index contributed by atoms with van der Waals surface area (Å²) in [5, 5.41) is 0. The number of nitrogens with two attached hydrogens (primary N) is 1. The van der Waals surface area contributed by atoms with E-state index in [-0.39, 0.29) is 12.2 Å². The van der Waals surface area contributed by atoms with Crippen LogP contribution in [0.1, 0.15) is 17.7 Å². The van der Waals surface area contributed by atoms with Gasteiger partial charge >= 0.3 is 0 Å². The third-order valence-corrected chi connectivity index (χ3v) is 3.80. The van der Waals surface area contributed by atoms with E-state index in [0.717, 1.165) is 0 Å². The molecule has 0 unspecified atom stereocenters. The fourth-order valence-electron chi connectivity index (χ4n) is 1.69. The standard InChI is InChI=1S/C13H12F2IN3O/c1-20-6-9-10(16)12(17)19-13(18-9)8-4-2-3-7(5-8)11(14)15/h2-5,11H,6H2,1H3,(H2,17,18,19). The van der Waals surface area contributed by atoms with Crippen LogP contribution in [0.2, 0.25) is 0 Å². The number of aromatic nitrogens is 2. The van der Waals surface area contributed by atoms with Crippen molar-refractivity contribution in [1.82, 2.24) is 9.97 Å². The van der Waals surface area contributed by atoms with Crippen molar-refractivity contribution in [3.8, 4) is 11.4 Å². The molecule has 106 valence electrons. The molecule has 2 aromatic rings. The Bertz CT molecular complexity index is 623. The van der Waals surface area contributed by atoms with E-state index in [2.05, 4.69) is 9.97 Å². The van der Waals surface area contributed by atoms with Gasteiger partial charge in [-0.2, -0.15) is 0 Å². The molecule has 0 aliphatic carbocycles. The Morgan fingerprint density at radius 1 is 1.35 bits per heavy atom. The van der Waals surface area contributed by atoms with E-state index in [0.29, 0.717) is 26.5 Å². The second kappa shape index (κ2) is 6.40. The molecular formula is C13H12F2IN3O. The maximum Gasteiger partial charge on any atom is 0.263 e. The van der Waals surface area contributed by atoms with Gasteiger partial charge < -0.3 is 10.5 Å². The molecule has 20 heavy (non-hydrogen) atoms. The van der Waals surface area contributed by atoms with E-state index in [9.17, 15) is 8.78 Å². The summed E-state index contributed by atoms with van der Waals surface area (Å²) in [6.45, 7) is 0.284. The summed E-state index contributed by atoms with van der Waals surface area (Å²) in [5.74, 6) is 0.627. The number of ether oxygens (including phenoxy) is 1. The molecule has 0 saturated carbocycles. The fraction of sp³-hybridized carbons (Fsp3) is 0.231. The van der Waals surface area contributed by atoms with Crippen LogP contribution in [0, 0.1) is 3.57 Å². The van der Waals surface area contributed by atoms with Gasteiger partial charge in [-0.25, -0.2) is 18.7 Å². The van der Waals surface area contributed by atoms with Crippen molar-refractivity contribution < 1.29 is 13.5 Å². The Morgan fingerprint density at radius 2 is 2.10 bits per heavy atom. The van der Waals surface area contributed by atoms with E-state index >= 15 is 0 Å². The van der Waals surface area contributed by atoms with Gasteiger partial charge in [0.25, 0.3) is 6.43 Å². The number of benzene rings is 1. The van der Waals surface area contributed by atoms with Gasteiger partial charge in [0.05, 0.1) is 15.9 Å². The zero-order valence-electron chi connectivity index (χ0n) is 10.6. The second-order valence-electron chi connectivity index (χ2n) is 4.05. The van der Waals surface area contributed by atoms with Gasteiger partial charge in [0.1, 0.15) is 5.82 Å². The highest BCUT2D eigenvalue weighted by Gasteiger charge is 2.13. The smallest absolute Gasteiger partial charge is 0.263 e. The van der Waals surface area contributed by atoms with Crippen LogP contribution < -0.4 is 5.73 Å². The van der Waals surface area contributed by atoms with Crippen LogP contribution in [0.15, 0.2) is 24.3 Å². The molecule has 0 aliphatic rings. The number of methoxy groups -OCH3 is 1. The molecule has 2 rings (SSSR count). The maximum atomic E-state index is 12.7. The van der Waals surface area contributed by atoms with Gasteiger partial charge in [0.15, 0.2) is 5.82 Å². The summed E-state index contributed by atoms with van der Waals surface area (Å²) in [5.41, 5.74) is 6.89. The highest BCUT2D eigenvalue weighted by Crippen LogP contribution is 2.26. The minimum absolute atomic E-state index is 0.0727. The van der Waals surface area contributed by atoms with Gasteiger partial charge in [-0.15, -0.1) is 0 Å². The lowest BCUT2D eigenvalue weighted by atomic mass is 10.1. The quantitative estimate of drug-likeness (QED) is 0.812. The third-order valence-electron chi connectivity index (χ3n) is 2.62. The fourth-order valence-corrected chi connectivity index (χ4v) is 2.08. The summed E-state index contributed by atoms with van der Waals surface area (Å²) >= 11 is 2.03. The topological polar surface area (TPSA) is 61.0 Å². The number of rotatable bonds is 4. The molecule has 0 aliphatic heterocycles. The van der Waals surface area contributed by atoms with Gasteiger partial charge in [-0.3, -0.25) is 0 Å². The number of hydrogen-bond donors (Lipinski definition) is 1. The normalized spacial score (nSPS) is 11.1. The maximum absolute atomic E-state index is 12.7. The summed E-state index contributed by atoms with van der Waals surface area (Å²) in [6.07, 6.45) is -2.53. The average Bonchev–Trinajstić information content (AvgIpc) is 2.44. The van der Waals surface area contributed by atoms with E-state index in [4.69, 9.17) is 10.5 Å². The van der Waals surface area contributed by atoms with Crippen molar-refractivity contribution >= 4 is 28.4 Å². The Kier molecular flexibility index (Phi) is 4.81. The summed E-state index contributed by atoms with van der Waals surface area (Å²) in [4.78, 5) is 8.47. The lowest BCUT2D eigenvalue weighted by Gasteiger charge is -2.09. The van der Waals surface area contributed by atoms with Crippen molar-refractivity contribution in [2.24, 2.45) is 0 Å². The van der Waals surface area contributed by atoms with Crippen LogP contribution in [0.3, 0.4) is 0 Å². The minimum atomic E-state index is -2.53. The molecule has 2 N–H and O–H groups in total. The van der Waals surface area contributed by atoms with Crippen LogP contribution in [-0.2, 0) is 11.3 Å². The largest absolute Gasteiger partial charge is 0.383 e. The predicted molar refractivity (Wildman–Crippen MR) is 80.3 cm³/mol. The number of alkyl halides is 2. The molecule has 1 aromatic carbocycles. The average molecular weight is 391 g/mol. The minimum Gasteiger partial charge on any atom is -0.383 e. The molecule has 0 fully saturated rings. The van der Waals surface area contributed by atoms with E-state index in [1.807, 2.05) is 22.6 Å². The monoisotopic (exact) mass is 391 g/mol. The second-order valence-corrected chi connectivity index (χ2v) is 5.13. The highest BCUT2D eigenvalue weighted by atomic mass is 127. The SMILES string of the molecule is COCc1nc(-c2cccc(C(F)F)c2)nc(N)c1I. The van der Waals surface area contributed by atoms with Crippen molar-refractivity contribution in [2.75, 3.05) is 12.8 Å². The molecule has 0 radical (unpaired) electrons. The van der Waals surface area contributed by atoms with Crippen molar-refractivity contribution in [2.45, 2.75) is 13.0 Å². The first-order valence-electron chi connectivity index (χ1n) is 5.72. The molecule has 1 heterocycles. The number of hydrogen-bond acceptors (Lipinski definition) is 4. The van der Waals surface area contributed by atoms with E-state index < -0.39 is 6.43 Å². The van der Waals surface area contributed by atoms with Crippen molar-refractivity contribution in [3.63, 3.8) is 0 Å². The zero-order chi connectivity index (χ0) is 14.7. The van der Waals surface area contributed by atoms with Gasteiger partial charge in [-0.05, 0) is 28.7 Å². The first-order valence-corrected chi connectivity index (χ1v) is 6.80. The Morgan fingerprint density at radius 3 is 2.75 bits per heavy atom. The summed E-state index contributed by atoms with van der Waals surface area (Å²) in [7, 11) is 1.55. The molecule has 4 nitrogen and oxygen atoms in total. The van der Waals surface area contributed by atoms with Crippen molar-refractivity contribution in [1.29, 1.82) is 0 Å². The van der Waals surface area contributed by atoms with Gasteiger partial charge in [0, 0.05) is 18.2 Å². The molecule has 0 bridgehead atoms. The number of halogens is 3. The van der Waals surface area contributed by atoms with Crippen LogP contribution >= 0.6 is 22.6 Å². The highest BCUT2D eigenvalue weighted by molar-refractivity contribution is 14.1. The number of nitrogen functional groups attached to an aromatic ring is 1. The van der Waals surface area contributed by atoms with Gasteiger partial charge in [0.2, 0.25) is 0 Å². The molecule has 0 atom stereocenters. The summed E-state index contributed by atoms with van der Waals surface area (Å²) < 4.78 is 31.2. The Balaban J connectivity index is 2.49. The molecular weight excluding hydrogens is 379 g/mol. The first kappa shape index (κ1) is 15.0. The van der Waals surface area contributed by atoms with Crippen LogP contribution in [-0.4, -0.2) is 17.1 Å². The molecule has 1 aromatic heterocycles. The lowest BCUT2D eigenvalue weighted by molar-refractivity contribution is 0.151. The first-order chi connectivity index (χ1) is 9.52. The number of anilines is 1. The predicted octanol–water partition coefficient (Wildman–Crippen LogP) is 3.41. The summed E-state index contributed by atoms with van der Waals surface area (Å²) in [6, 6.07) is 5.94. The zero-order valence-corrected chi connectivity index (χ0v) is 12.8. The molecule has 0 spiro atoms. The van der Waals surface area contributed by atoms with Crippen LogP contribution in [0.5, 0.6) is 0 Å². The lowest BCUT2D eigenvalue weighted by Crippen LogP contribution is -2.06. The van der Waals surface area contributed by atoms with Crippen LogP contribution in [0.25, 0.3) is 11.4 Å².